The Morgan fingerprint density at radius 2 is 1.73 bits per heavy atom. The van der Waals surface area contributed by atoms with Crippen LogP contribution in [0.5, 0.6) is 0 Å². The second-order valence-electron chi connectivity index (χ2n) is 7.14. The van der Waals surface area contributed by atoms with Gasteiger partial charge in [-0.3, -0.25) is 0 Å². The van der Waals surface area contributed by atoms with E-state index in [4.69, 9.17) is 4.98 Å². The van der Waals surface area contributed by atoms with Gasteiger partial charge in [-0.25, -0.2) is 26.2 Å². The number of hydrogen-bond acceptors (Lipinski definition) is 5. The summed E-state index contributed by atoms with van der Waals surface area (Å²) in [5.74, 6) is -1.14. The number of rotatable bonds is 3. The summed E-state index contributed by atoms with van der Waals surface area (Å²) >= 11 is 0. The molecule has 3 heterocycles. The molecule has 1 aliphatic rings. The lowest BCUT2D eigenvalue weighted by atomic mass is 10.1. The van der Waals surface area contributed by atoms with Gasteiger partial charge in [-0.05, 0) is 30.3 Å². The lowest BCUT2D eigenvalue weighted by molar-refractivity contribution is 0.549. The Hall–Kier alpha value is -3.04. The maximum absolute atomic E-state index is 14.4. The van der Waals surface area contributed by atoms with Gasteiger partial charge < -0.3 is 10.2 Å². The Morgan fingerprint density at radius 3 is 2.53 bits per heavy atom. The Balaban J connectivity index is 1.82. The van der Waals surface area contributed by atoms with Crippen LogP contribution in [0.2, 0.25) is 0 Å². The van der Waals surface area contributed by atoms with Gasteiger partial charge in [-0.15, -0.1) is 0 Å². The number of anilines is 1. The van der Waals surface area contributed by atoms with E-state index in [9.17, 15) is 17.2 Å². The molecule has 0 saturated carbocycles. The maximum Gasteiger partial charge on any atom is 0.271 e. The fourth-order valence-electron chi connectivity index (χ4n) is 3.90. The molecule has 154 valence electrons. The Kier molecular flexibility index (Phi) is 4.44. The molecule has 1 fully saturated rings. The first-order valence-corrected chi connectivity index (χ1v) is 11.0. The van der Waals surface area contributed by atoms with Gasteiger partial charge in [0.2, 0.25) is 0 Å². The number of piperazine rings is 1. The van der Waals surface area contributed by atoms with Crippen molar-refractivity contribution in [3.05, 3.63) is 66.4 Å². The molecule has 0 radical (unpaired) electrons. The van der Waals surface area contributed by atoms with Gasteiger partial charge >= 0.3 is 0 Å². The first-order chi connectivity index (χ1) is 14.5. The zero-order valence-electron chi connectivity index (χ0n) is 15.8. The van der Waals surface area contributed by atoms with E-state index < -0.39 is 26.6 Å². The SMILES string of the molecule is O=S(=O)(c1cc(F)ccc1F)n1ccc2c(N3CCNCC3)nc3ccccc3c21. The maximum atomic E-state index is 14.4. The molecule has 0 amide bonds. The number of para-hydroxylation sites is 1. The average Bonchev–Trinajstić information content (AvgIpc) is 3.22. The molecule has 0 spiro atoms. The van der Waals surface area contributed by atoms with Crippen molar-refractivity contribution >= 4 is 37.6 Å². The lowest BCUT2D eigenvalue weighted by Crippen LogP contribution is -2.44. The number of pyridine rings is 1. The molecule has 2 aromatic heterocycles. The molecule has 1 saturated heterocycles. The molecule has 1 N–H and O–H groups in total. The highest BCUT2D eigenvalue weighted by atomic mass is 32.2. The average molecular weight is 428 g/mol. The molecule has 0 bridgehead atoms. The van der Waals surface area contributed by atoms with E-state index in [2.05, 4.69) is 10.2 Å². The number of hydrogen-bond donors (Lipinski definition) is 1. The third-order valence-electron chi connectivity index (χ3n) is 5.33. The van der Waals surface area contributed by atoms with Gasteiger partial charge in [-0.1, -0.05) is 18.2 Å². The number of nitrogens with zero attached hydrogens (tertiary/aromatic N) is 3. The predicted octanol–water partition coefficient (Wildman–Crippen LogP) is 3.11. The Bertz CT molecular complexity index is 1380. The molecular formula is C21H18F2N4O2S. The molecule has 30 heavy (non-hydrogen) atoms. The third kappa shape index (κ3) is 2.93. The summed E-state index contributed by atoms with van der Waals surface area (Å²) < 4.78 is 55.8. The van der Waals surface area contributed by atoms with Crippen molar-refractivity contribution < 1.29 is 17.2 Å². The summed E-state index contributed by atoms with van der Waals surface area (Å²) in [6.07, 6.45) is 1.38. The number of halogens is 2. The van der Waals surface area contributed by atoms with E-state index in [1.54, 1.807) is 18.2 Å². The van der Waals surface area contributed by atoms with Gasteiger partial charge in [0, 0.05) is 43.1 Å². The van der Waals surface area contributed by atoms with E-state index in [0.717, 1.165) is 42.3 Å². The lowest BCUT2D eigenvalue weighted by Gasteiger charge is -2.29. The van der Waals surface area contributed by atoms with Gasteiger partial charge in [0.25, 0.3) is 10.0 Å². The van der Waals surface area contributed by atoms with Crippen LogP contribution >= 0.6 is 0 Å². The van der Waals surface area contributed by atoms with Crippen LogP contribution in [0.4, 0.5) is 14.6 Å². The molecule has 6 nitrogen and oxygen atoms in total. The van der Waals surface area contributed by atoms with E-state index in [1.165, 1.54) is 6.20 Å². The van der Waals surface area contributed by atoms with Gasteiger partial charge in [0.15, 0.2) is 0 Å². The fraction of sp³-hybridized carbons (Fsp3) is 0.190. The summed E-state index contributed by atoms with van der Waals surface area (Å²) in [4.78, 5) is 6.18. The minimum absolute atomic E-state index is 0.401. The van der Waals surface area contributed by atoms with Crippen molar-refractivity contribution in [2.24, 2.45) is 0 Å². The highest BCUT2D eigenvalue weighted by Gasteiger charge is 2.27. The minimum atomic E-state index is -4.37. The smallest absolute Gasteiger partial charge is 0.271 e. The van der Waals surface area contributed by atoms with Crippen LogP contribution in [-0.2, 0) is 10.0 Å². The molecule has 2 aromatic carbocycles. The van der Waals surface area contributed by atoms with Crippen LogP contribution in [0, 0.1) is 11.6 Å². The second-order valence-corrected chi connectivity index (χ2v) is 8.93. The molecule has 9 heteroatoms. The monoisotopic (exact) mass is 428 g/mol. The largest absolute Gasteiger partial charge is 0.353 e. The van der Waals surface area contributed by atoms with E-state index in [1.807, 2.05) is 12.1 Å². The molecule has 5 rings (SSSR count). The van der Waals surface area contributed by atoms with Crippen molar-refractivity contribution in [1.29, 1.82) is 0 Å². The van der Waals surface area contributed by atoms with Crippen LogP contribution in [0.15, 0.2) is 59.6 Å². The number of fused-ring (bicyclic) bond motifs is 3. The zero-order valence-corrected chi connectivity index (χ0v) is 16.7. The highest BCUT2D eigenvalue weighted by molar-refractivity contribution is 7.90. The minimum Gasteiger partial charge on any atom is -0.353 e. The van der Waals surface area contributed by atoms with Gasteiger partial charge in [0.05, 0.1) is 11.0 Å². The second kappa shape index (κ2) is 7.03. The summed E-state index contributed by atoms with van der Waals surface area (Å²) in [5.41, 5.74) is 1.03. The fourth-order valence-corrected chi connectivity index (χ4v) is 5.35. The molecular weight excluding hydrogens is 410 g/mol. The van der Waals surface area contributed by atoms with Crippen LogP contribution in [-0.4, -0.2) is 43.6 Å². The van der Waals surface area contributed by atoms with Crippen LogP contribution in [0.25, 0.3) is 21.8 Å². The van der Waals surface area contributed by atoms with E-state index in [-0.39, 0.29) is 0 Å². The highest BCUT2D eigenvalue weighted by Crippen LogP contribution is 2.34. The number of benzene rings is 2. The normalized spacial score (nSPS) is 15.2. The third-order valence-corrected chi connectivity index (χ3v) is 7.02. The van der Waals surface area contributed by atoms with Crippen molar-refractivity contribution in [3.63, 3.8) is 0 Å². The summed E-state index contributed by atoms with van der Waals surface area (Å²) in [6, 6.07) is 11.3. The first kappa shape index (κ1) is 19.0. The summed E-state index contributed by atoms with van der Waals surface area (Å²) in [7, 11) is -4.37. The van der Waals surface area contributed by atoms with Crippen LogP contribution < -0.4 is 10.2 Å². The number of aromatic nitrogens is 2. The quantitative estimate of drug-likeness (QED) is 0.543. The predicted molar refractivity (Wildman–Crippen MR) is 111 cm³/mol. The van der Waals surface area contributed by atoms with E-state index in [0.29, 0.717) is 33.7 Å². The van der Waals surface area contributed by atoms with E-state index >= 15 is 0 Å². The van der Waals surface area contributed by atoms with Crippen molar-refractivity contribution in [2.75, 3.05) is 31.1 Å². The van der Waals surface area contributed by atoms with Gasteiger partial charge in [0.1, 0.15) is 22.3 Å². The molecule has 0 aliphatic carbocycles. The molecule has 4 aromatic rings. The standard InChI is InChI=1S/C21H18F2N4O2S/c22-14-5-6-17(23)19(13-14)30(28,29)27-10-7-16-20(27)15-3-1-2-4-18(15)25-21(16)26-11-8-24-9-12-26/h1-7,10,13,24H,8-9,11-12H2. The van der Waals surface area contributed by atoms with Crippen molar-refractivity contribution in [3.8, 4) is 0 Å². The molecule has 0 unspecified atom stereocenters. The molecule has 0 atom stereocenters. The Morgan fingerprint density at radius 1 is 0.967 bits per heavy atom. The summed E-state index contributed by atoms with van der Waals surface area (Å²) in [5, 5.41) is 4.56. The zero-order chi connectivity index (χ0) is 20.9. The first-order valence-electron chi connectivity index (χ1n) is 9.53. The molecule has 1 aliphatic heterocycles. The summed E-state index contributed by atoms with van der Waals surface area (Å²) in [6.45, 7) is 3.06. The van der Waals surface area contributed by atoms with Crippen molar-refractivity contribution in [2.45, 2.75) is 4.90 Å². The topological polar surface area (TPSA) is 67.2 Å². The number of nitrogens with one attached hydrogen (secondary N) is 1. The van der Waals surface area contributed by atoms with Crippen LogP contribution in [0.3, 0.4) is 0 Å². The van der Waals surface area contributed by atoms with Crippen molar-refractivity contribution in [1.82, 2.24) is 14.3 Å². The Labute approximate surface area is 171 Å². The van der Waals surface area contributed by atoms with Crippen LogP contribution in [0.1, 0.15) is 0 Å². The van der Waals surface area contributed by atoms with Gasteiger partial charge in [-0.2, -0.15) is 0 Å².